The zero-order valence-corrected chi connectivity index (χ0v) is 12.2. The van der Waals surface area contributed by atoms with Gasteiger partial charge in [-0.3, -0.25) is 0 Å². The molecule has 0 aliphatic carbocycles. The van der Waals surface area contributed by atoms with Crippen molar-refractivity contribution in [3.05, 3.63) is 18.2 Å². The first-order valence-electron chi connectivity index (χ1n) is 6.94. The number of benzene rings is 1. The van der Waals surface area contributed by atoms with Gasteiger partial charge in [0.15, 0.2) is 0 Å². The summed E-state index contributed by atoms with van der Waals surface area (Å²) in [5.74, 6) is 1.57. The van der Waals surface area contributed by atoms with Crippen LogP contribution in [0.15, 0.2) is 18.2 Å². The third kappa shape index (κ3) is 3.32. The number of nitrogens with two attached hydrogens (primary N) is 1. The second-order valence-corrected chi connectivity index (χ2v) is 5.59. The summed E-state index contributed by atoms with van der Waals surface area (Å²) in [5.41, 5.74) is 8.04. The molecule has 1 aliphatic heterocycles. The molecule has 4 nitrogen and oxygen atoms in total. The monoisotopic (exact) mass is 263 g/mol. The van der Waals surface area contributed by atoms with Gasteiger partial charge in [0.25, 0.3) is 0 Å². The van der Waals surface area contributed by atoms with Crippen molar-refractivity contribution in [2.45, 2.75) is 12.8 Å². The molecule has 0 aromatic heterocycles. The van der Waals surface area contributed by atoms with E-state index in [4.69, 9.17) is 10.5 Å². The van der Waals surface area contributed by atoms with E-state index in [0.717, 1.165) is 36.1 Å². The topological polar surface area (TPSA) is 41.7 Å². The van der Waals surface area contributed by atoms with Crippen LogP contribution in [0.4, 0.5) is 11.4 Å². The molecule has 0 amide bonds. The Hall–Kier alpha value is -1.42. The van der Waals surface area contributed by atoms with Gasteiger partial charge in [-0.2, -0.15) is 0 Å². The van der Waals surface area contributed by atoms with Gasteiger partial charge in [0.2, 0.25) is 0 Å². The van der Waals surface area contributed by atoms with Crippen molar-refractivity contribution < 1.29 is 4.74 Å². The van der Waals surface area contributed by atoms with E-state index in [2.05, 4.69) is 30.0 Å². The normalized spacial score (nSPS) is 16.9. The van der Waals surface area contributed by atoms with Gasteiger partial charge in [-0.05, 0) is 45.0 Å². The van der Waals surface area contributed by atoms with Crippen molar-refractivity contribution in [1.29, 1.82) is 0 Å². The van der Waals surface area contributed by atoms with Crippen molar-refractivity contribution in [1.82, 2.24) is 4.90 Å². The predicted octanol–water partition coefficient (Wildman–Crippen LogP) is 2.06. The van der Waals surface area contributed by atoms with Gasteiger partial charge in [0.1, 0.15) is 5.75 Å². The lowest BCUT2D eigenvalue weighted by Gasteiger charge is -2.35. The average molecular weight is 263 g/mol. The number of rotatable bonds is 4. The Morgan fingerprint density at radius 3 is 2.58 bits per heavy atom. The lowest BCUT2D eigenvalue weighted by atomic mass is 9.96. The Morgan fingerprint density at radius 1 is 1.32 bits per heavy atom. The summed E-state index contributed by atoms with van der Waals surface area (Å²) < 4.78 is 5.29. The first-order valence-corrected chi connectivity index (χ1v) is 6.94. The molecule has 4 heteroatoms. The van der Waals surface area contributed by atoms with Crippen LogP contribution in [0.1, 0.15) is 12.8 Å². The highest BCUT2D eigenvalue weighted by atomic mass is 16.5. The van der Waals surface area contributed by atoms with Gasteiger partial charge >= 0.3 is 0 Å². The molecule has 0 bridgehead atoms. The van der Waals surface area contributed by atoms with E-state index in [9.17, 15) is 0 Å². The van der Waals surface area contributed by atoms with E-state index < -0.39 is 0 Å². The molecular formula is C15H25N3O. The number of ether oxygens (including phenoxy) is 1. The summed E-state index contributed by atoms with van der Waals surface area (Å²) in [5, 5.41) is 0. The number of hydrogen-bond acceptors (Lipinski definition) is 4. The molecule has 1 fully saturated rings. The smallest absolute Gasteiger partial charge is 0.143 e. The predicted molar refractivity (Wildman–Crippen MR) is 80.9 cm³/mol. The van der Waals surface area contributed by atoms with Gasteiger partial charge in [-0.15, -0.1) is 0 Å². The lowest BCUT2D eigenvalue weighted by molar-refractivity contribution is 0.285. The standard InChI is InChI=1S/C15H25N3O/c1-17(2)11-12-7-9-18(10-8-12)13-5-4-6-14(19-3)15(13)16/h4-6,12H,7-11,16H2,1-3H3. The van der Waals surface area contributed by atoms with E-state index in [-0.39, 0.29) is 0 Å². The average Bonchev–Trinajstić information content (AvgIpc) is 2.39. The molecule has 2 N–H and O–H groups in total. The summed E-state index contributed by atoms with van der Waals surface area (Å²) in [6.45, 7) is 3.34. The van der Waals surface area contributed by atoms with Crippen LogP contribution < -0.4 is 15.4 Å². The first-order chi connectivity index (χ1) is 9.11. The summed E-state index contributed by atoms with van der Waals surface area (Å²) in [4.78, 5) is 4.66. The van der Waals surface area contributed by atoms with Crippen LogP contribution in [0.2, 0.25) is 0 Å². The van der Waals surface area contributed by atoms with Gasteiger partial charge < -0.3 is 20.3 Å². The van der Waals surface area contributed by atoms with E-state index >= 15 is 0 Å². The molecule has 0 atom stereocenters. The number of hydrogen-bond donors (Lipinski definition) is 1. The third-order valence-electron chi connectivity index (χ3n) is 3.84. The number of nitrogen functional groups attached to an aromatic ring is 1. The summed E-state index contributed by atoms with van der Waals surface area (Å²) in [6, 6.07) is 6.01. The number of para-hydroxylation sites is 1. The van der Waals surface area contributed by atoms with Crippen molar-refractivity contribution in [2.24, 2.45) is 5.92 Å². The van der Waals surface area contributed by atoms with Gasteiger partial charge in [0.05, 0.1) is 18.5 Å². The molecule has 1 aromatic carbocycles. The van der Waals surface area contributed by atoms with E-state index in [1.807, 2.05) is 12.1 Å². The lowest BCUT2D eigenvalue weighted by Crippen LogP contribution is -2.37. The summed E-state index contributed by atoms with van der Waals surface area (Å²) >= 11 is 0. The molecule has 1 aromatic rings. The Labute approximate surface area is 116 Å². The second-order valence-electron chi connectivity index (χ2n) is 5.59. The van der Waals surface area contributed by atoms with Crippen LogP contribution in [-0.2, 0) is 0 Å². The van der Waals surface area contributed by atoms with E-state index in [0.29, 0.717) is 0 Å². The van der Waals surface area contributed by atoms with Crippen LogP contribution in [0, 0.1) is 5.92 Å². The molecule has 0 unspecified atom stereocenters. The van der Waals surface area contributed by atoms with Crippen LogP contribution in [0.3, 0.4) is 0 Å². The molecule has 106 valence electrons. The maximum Gasteiger partial charge on any atom is 0.143 e. The second kappa shape index (κ2) is 6.15. The highest BCUT2D eigenvalue weighted by Gasteiger charge is 2.21. The SMILES string of the molecule is COc1cccc(N2CCC(CN(C)C)CC2)c1N. The molecule has 0 saturated carbocycles. The summed E-state index contributed by atoms with van der Waals surface area (Å²) in [6.07, 6.45) is 2.46. The number of anilines is 2. The Morgan fingerprint density at radius 2 is 2.00 bits per heavy atom. The summed E-state index contributed by atoms with van der Waals surface area (Å²) in [7, 11) is 5.96. The highest BCUT2D eigenvalue weighted by Crippen LogP contribution is 2.34. The quantitative estimate of drug-likeness (QED) is 0.844. The highest BCUT2D eigenvalue weighted by molar-refractivity contribution is 5.74. The van der Waals surface area contributed by atoms with Crippen LogP contribution in [-0.4, -0.2) is 45.7 Å². The van der Waals surface area contributed by atoms with Crippen molar-refractivity contribution in [2.75, 3.05) is 51.5 Å². The van der Waals surface area contributed by atoms with Crippen molar-refractivity contribution >= 4 is 11.4 Å². The molecule has 2 rings (SSSR count). The Balaban J connectivity index is 2.01. The third-order valence-corrected chi connectivity index (χ3v) is 3.84. The number of nitrogens with zero attached hydrogens (tertiary/aromatic N) is 2. The van der Waals surface area contributed by atoms with E-state index in [1.165, 1.54) is 19.4 Å². The minimum Gasteiger partial charge on any atom is -0.495 e. The number of methoxy groups -OCH3 is 1. The van der Waals surface area contributed by atoms with Gasteiger partial charge in [-0.1, -0.05) is 6.07 Å². The van der Waals surface area contributed by atoms with Crippen LogP contribution >= 0.6 is 0 Å². The molecular weight excluding hydrogens is 238 g/mol. The number of piperidine rings is 1. The van der Waals surface area contributed by atoms with Crippen molar-refractivity contribution in [3.8, 4) is 5.75 Å². The molecule has 1 saturated heterocycles. The zero-order valence-electron chi connectivity index (χ0n) is 12.2. The van der Waals surface area contributed by atoms with E-state index in [1.54, 1.807) is 7.11 Å². The molecule has 0 spiro atoms. The fourth-order valence-electron chi connectivity index (χ4n) is 2.86. The van der Waals surface area contributed by atoms with Gasteiger partial charge in [-0.25, -0.2) is 0 Å². The van der Waals surface area contributed by atoms with Crippen LogP contribution in [0.5, 0.6) is 5.75 Å². The van der Waals surface area contributed by atoms with Crippen LogP contribution in [0.25, 0.3) is 0 Å². The zero-order chi connectivity index (χ0) is 13.8. The maximum atomic E-state index is 6.17. The largest absolute Gasteiger partial charge is 0.495 e. The molecule has 1 heterocycles. The Bertz CT molecular complexity index is 412. The van der Waals surface area contributed by atoms with Gasteiger partial charge in [0, 0.05) is 19.6 Å². The minimum absolute atomic E-state index is 0.760. The fraction of sp³-hybridized carbons (Fsp3) is 0.600. The Kier molecular flexibility index (Phi) is 4.53. The molecule has 1 aliphatic rings. The fourth-order valence-corrected chi connectivity index (χ4v) is 2.86. The molecule has 19 heavy (non-hydrogen) atoms. The first kappa shape index (κ1) is 14.0. The minimum atomic E-state index is 0.760. The van der Waals surface area contributed by atoms with Crippen molar-refractivity contribution in [3.63, 3.8) is 0 Å². The maximum absolute atomic E-state index is 6.17. The molecule has 0 radical (unpaired) electrons.